The van der Waals surface area contributed by atoms with Gasteiger partial charge in [0.05, 0.1) is 10.7 Å². The summed E-state index contributed by atoms with van der Waals surface area (Å²) in [6.07, 6.45) is 0.161. The minimum absolute atomic E-state index is 0.0597. The van der Waals surface area contributed by atoms with E-state index in [0.29, 0.717) is 10.6 Å². The topological polar surface area (TPSA) is 124 Å². The summed E-state index contributed by atoms with van der Waals surface area (Å²) in [5, 5.41) is 17.0. The Bertz CT molecular complexity index is 1370. The average Bonchev–Trinajstić information content (AvgIpc) is 3.32. The van der Waals surface area contributed by atoms with Crippen LogP contribution in [-0.2, 0) is 14.3 Å². The number of fused-ring (bicyclic) bond motifs is 1. The van der Waals surface area contributed by atoms with E-state index >= 15 is 0 Å². The molecule has 2 heterocycles. The highest BCUT2D eigenvalue weighted by molar-refractivity contribution is 8.00. The van der Waals surface area contributed by atoms with Crippen LogP contribution in [0.15, 0.2) is 71.3 Å². The summed E-state index contributed by atoms with van der Waals surface area (Å²) in [5.74, 6) is -1.37. The lowest BCUT2D eigenvalue weighted by atomic mass is 10.1. The molecule has 0 aliphatic carbocycles. The minimum Gasteiger partial charge on any atom is -0.447 e. The van der Waals surface area contributed by atoms with Gasteiger partial charge in [0.1, 0.15) is 21.2 Å². The van der Waals surface area contributed by atoms with Crippen molar-refractivity contribution in [3.63, 3.8) is 0 Å². The first-order valence-electron chi connectivity index (χ1n) is 9.72. The first kappa shape index (κ1) is 23.6. The smallest absolute Gasteiger partial charge is 0.317 e. The number of halogens is 1. The van der Waals surface area contributed by atoms with E-state index in [1.165, 1.54) is 41.6 Å². The zero-order valence-electron chi connectivity index (χ0n) is 17.2. The quantitative estimate of drug-likeness (QED) is 0.111. The lowest BCUT2D eigenvalue weighted by Gasteiger charge is -2.18. The van der Waals surface area contributed by atoms with Gasteiger partial charge >= 0.3 is 5.97 Å². The minimum atomic E-state index is -1.27. The molecule has 172 valence electrons. The lowest BCUT2D eigenvalue weighted by molar-refractivity contribution is -0.384. The number of nitrogens with zero attached hydrogens (tertiary/aromatic N) is 3. The van der Waals surface area contributed by atoms with Gasteiger partial charge in [0, 0.05) is 22.7 Å². The van der Waals surface area contributed by atoms with Crippen molar-refractivity contribution >= 4 is 68.2 Å². The summed E-state index contributed by atoms with van der Waals surface area (Å²) < 4.78 is 5.51. The van der Waals surface area contributed by atoms with Gasteiger partial charge in [0.2, 0.25) is 6.10 Å². The number of hydrogen-bond acceptors (Lipinski definition) is 9. The van der Waals surface area contributed by atoms with Gasteiger partial charge < -0.3 is 10.1 Å². The van der Waals surface area contributed by atoms with E-state index in [2.05, 4.69) is 15.3 Å². The monoisotopic (exact) mass is 514 g/mol. The van der Waals surface area contributed by atoms with Gasteiger partial charge in [0.15, 0.2) is 0 Å². The molecule has 2 aromatic heterocycles. The molecule has 1 unspecified atom stereocenters. The molecular formula is C22H15ClN4O5S2. The molecule has 4 aromatic rings. The van der Waals surface area contributed by atoms with Crippen molar-refractivity contribution in [3.05, 3.63) is 87.0 Å². The van der Waals surface area contributed by atoms with E-state index in [9.17, 15) is 19.7 Å². The van der Waals surface area contributed by atoms with Crippen molar-refractivity contribution in [1.82, 2.24) is 9.97 Å². The van der Waals surface area contributed by atoms with Crippen LogP contribution in [0.4, 0.5) is 11.4 Å². The number of aromatic nitrogens is 2. The summed E-state index contributed by atoms with van der Waals surface area (Å²) >= 11 is 8.49. The third kappa shape index (κ3) is 5.50. The molecule has 1 amide bonds. The normalized spacial score (nSPS) is 11.7. The molecule has 0 radical (unpaired) electrons. The number of nitrogens with one attached hydrogen (secondary N) is 1. The van der Waals surface area contributed by atoms with E-state index < -0.39 is 22.9 Å². The molecule has 0 fully saturated rings. The van der Waals surface area contributed by atoms with Gasteiger partial charge in [-0.3, -0.25) is 19.7 Å². The van der Waals surface area contributed by atoms with Crippen molar-refractivity contribution in [2.45, 2.75) is 11.1 Å². The number of nitro benzene ring substituents is 1. The number of carbonyl (C=O) groups is 2. The van der Waals surface area contributed by atoms with Crippen molar-refractivity contribution in [2.75, 3.05) is 11.1 Å². The number of nitro groups is 1. The average molecular weight is 515 g/mol. The lowest BCUT2D eigenvalue weighted by Crippen LogP contribution is -2.26. The summed E-state index contributed by atoms with van der Waals surface area (Å²) in [5.41, 5.74) is 0.242. The fraction of sp³-hybridized carbons (Fsp3) is 0.0909. The number of hydrogen-bond donors (Lipinski definition) is 1. The molecule has 0 saturated carbocycles. The number of thiophene rings is 1. The maximum absolute atomic E-state index is 13.0. The maximum Gasteiger partial charge on any atom is 0.317 e. The Balaban J connectivity index is 1.49. The van der Waals surface area contributed by atoms with Gasteiger partial charge in [-0.2, -0.15) is 0 Å². The molecule has 0 saturated heterocycles. The first-order valence-corrected chi connectivity index (χ1v) is 12.0. The number of ether oxygens (including phenoxy) is 1. The van der Waals surface area contributed by atoms with Crippen molar-refractivity contribution in [3.8, 4) is 0 Å². The highest BCUT2D eigenvalue weighted by Crippen LogP contribution is 2.30. The van der Waals surface area contributed by atoms with Crippen LogP contribution in [-0.4, -0.2) is 32.5 Å². The molecule has 1 atom stereocenters. The Morgan fingerprint density at radius 1 is 1.18 bits per heavy atom. The van der Waals surface area contributed by atoms with Gasteiger partial charge in [-0.25, -0.2) is 9.97 Å². The first-order chi connectivity index (χ1) is 16.4. The third-order valence-electron chi connectivity index (χ3n) is 4.55. The number of anilines is 1. The van der Waals surface area contributed by atoms with Crippen LogP contribution in [0.1, 0.15) is 11.7 Å². The molecule has 0 spiro atoms. The number of benzene rings is 2. The number of rotatable bonds is 8. The van der Waals surface area contributed by atoms with Crippen LogP contribution >= 0.6 is 34.7 Å². The predicted molar refractivity (Wildman–Crippen MR) is 130 cm³/mol. The second-order valence-corrected chi connectivity index (χ2v) is 9.07. The maximum atomic E-state index is 13.0. The summed E-state index contributed by atoms with van der Waals surface area (Å²) in [7, 11) is 0. The fourth-order valence-electron chi connectivity index (χ4n) is 3.01. The van der Waals surface area contributed by atoms with Crippen LogP contribution in [0.5, 0.6) is 0 Å². The Labute approximate surface area is 206 Å². The number of esters is 1. The molecule has 34 heavy (non-hydrogen) atoms. The van der Waals surface area contributed by atoms with Gasteiger partial charge in [-0.05, 0) is 23.6 Å². The Kier molecular flexibility index (Phi) is 7.36. The Hall–Kier alpha value is -3.54. The second-order valence-electron chi connectivity index (χ2n) is 6.80. The van der Waals surface area contributed by atoms with Gasteiger partial charge in [-0.1, -0.05) is 53.7 Å². The van der Waals surface area contributed by atoms with E-state index in [1.807, 2.05) is 11.4 Å². The third-order valence-corrected chi connectivity index (χ3v) is 6.67. The molecule has 4 rings (SSSR count). The molecule has 0 aliphatic rings. The zero-order valence-corrected chi connectivity index (χ0v) is 19.6. The summed E-state index contributed by atoms with van der Waals surface area (Å²) in [6, 6.07) is 14.2. The van der Waals surface area contributed by atoms with Crippen molar-refractivity contribution < 1.29 is 19.2 Å². The highest BCUT2D eigenvalue weighted by Gasteiger charge is 2.26. The Morgan fingerprint density at radius 2 is 1.97 bits per heavy atom. The van der Waals surface area contributed by atoms with E-state index in [4.69, 9.17) is 16.3 Å². The molecule has 1 N–H and O–H groups in total. The van der Waals surface area contributed by atoms with Crippen LogP contribution in [0.2, 0.25) is 5.02 Å². The summed E-state index contributed by atoms with van der Waals surface area (Å²) in [4.78, 5) is 45.4. The van der Waals surface area contributed by atoms with E-state index in [1.54, 1.807) is 30.3 Å². The van der Waals surface area contributed by atoms with Gasteiger partial charge in [-0.15, -0.1) is 11.3 Å². The zero-order chi connectivity index (χ0) is 24.1. The van der Waals surface area contributed by atoms with E-state index in [0.717, 1.165) is 16.3 Å². The van der Waals surface area contributed by atoms with Crippen LogP contribution in [0.25, 0.3) is 10.2 Å². The fourth-order valence-corrected chi connectivity index (χ4v) is 4.76. The molecule has 2 aromatic carbocycles. The largest absolute Gasteiger partial charge is 0.447 e. The number of amides is 1. The highest BCUT2D eigenvalue weighted by atomic mass is 35.5. The predicted octanol–water partition coefficient (Wildman–Crippen LogP) is 5.27. The van der Waals surface area contributed by atoms with Crippen molar-refractivity contribution in [2.24, 2.45) is 0 Å². The molecular weight excluding hydrogens is 500 g/mol. The van der Waals surface area contributed by atoms with Crippen LogP contribution in [0, 0.1) is 10.1 Å². The standard InChI is InChI=1S/C22H15ClN4O5S2/c23-16-7-6-14(10-17(16)27(30)31)26-20(29)19(13-4-2-1-3-5-13)32-18(28)11-34-22-15-8-9-33-21(15)24-12-25-22/h1-10,12,19H,11H2,(H,26,29). The molecule has 12 heteroatoms. The SMILES string of the molecule is O=C(CSc1ncnc2sccc12)OC(C(=O)Nc1ccc(Cl)c([N+](=O)[O-])c1)c1ccccc1. The molecule has 0 aliphatic heterocycles. The second kappa shape index (κ2) is 10.6. The van der Waals surface area contributed by atoms with Crippen LogP contribution < -0.4 is 5.32 Å². The molecule has 0 bridgehead atoms. The Morgan fingerprint density at radius 3 is 2.74 bits per heavy atom. The van der Waals surface area contributed by atoms with Crippen molar-refractivity contribution in [1.29, 1.82) is 0 Å². The number of carbonyl (C=O) groups excluding carboxylic acids is 2. The van der Waals surface area contributed by atoms with Gasteiger partial charge in [0.25, 0.3) is 11.6 Å². The summed E-state index contributed by atoms with van der Waals surface area (Å²) in [6.45, 7) is 0. The number of thioether (sulfide) groups is 1. The van der Waals surface area contributed by atoms with Crippen LogP contribution in [0.3, 0.4) is 0 Å². The van der Waals surface area contributed by atoms with E-state index in [-0.39, 0.29) is 22.2 Å². The molecule has 9 nitrogen and oxygen atoms in total.